The number of amides is 1. The molecule has 27 heavy (non-hydrogen) atoms. The standard InChI is InChI=1S/C17H18N4O6/c18-12-5-6-21(17(26)20-12)13-8-11(22)15(27-13)16(25)19-10-4-2-1-3-9(10)7-14(23)24/h1-6,11,13,15,22H,7-8H2,(H,19,25)(H,23,24)(H2,18,20,26). The van der Waals surface area contributed by atoms with Gasteiger partial charge in [0.05, 0.1) is 12.5 Å². The van der Waals surface area contributed by atoms with Crippen molar-refractivity contribution >= 4 is 23.4 Å². The molecule has 0 saturated carbocycles. The highest BCUT2D eigenvalue weighted by Gasteiger charge is 2.40. The van der Waals surface area contributed by atoms with Crippen molar-refractivity contribution < 1.29 is 24.5 Å². The lowest BCUT2D eigenvalue weighted by Gasteiger charge is -2.17. The molecule has 0 spiro atoms. The van der Waals surface area contributed by atoms with Crippen molar-refractivity contribution in [1.82, 2.24) is 9.55 Å². The summed E-state index contributed by atoms with van der Waals surface area (Å²) in [5, 5.41) is 21.7. The number of aliphatic carboxylic acids is 1. The highest BCUT2D eigenvalue weighted by molar-refractivity contribution is 5.96. The number of hydrogen-bond acceptors (Lipinski definition) is 7. The van der Waals surface area contributed by atoms with Crippen molar-refractivity contribution in [3.8, 4) is 0 Å². The Labute approximate surface area is 153 Å². The monoisotopic (exact) mass is 374 g/mol. The van der Waals surface area contributed by atoms with Crippen LogP contribution in [0.4, 0.5) is 11.5 Å². The Morgan fingerprint density at radius 1 is 1.33 bits per heavy atom. The van der Waals surface area contributed by atoms with E-state index in [9.17, 15) is 19.5 Å². The molecule has 0 bridgehead atoms. The van der Waals surface area contributed by atoms with Gasteiger partial charge >= 0.3 is 11.7 Å². The number of hydrogen-bond donors (Lipinski definition) is 4. The van der Waals surface area contributed by atoms with Crippen molar-refractivity contribution in [2.24, 2.45) is 0 Å². The van der Waals surface area contributed by atoms with Crippen LogP contribution in [0.25, 0.3) is 0 Å². The fraction of sp³-hybridized carbons (Fsp3) is 0.294. The molecule has 2 aromatic rings. The predicted octanol–water partition coefficient (Wildman–Crippen LogP) is -0.260. The summed E-state index contributed by atoms with van der Waals surface area (Å²) >= 11 is 0. The number of nitrogen functional groups attached to an aromatic ring is 1. The minimum atomic E-state index is -1.22. The molecule has 1 aromatic heterocycles. The quantitative estimate of drug-likeness (QED) is 0.557. The molecule has 1 fully saturated rings. The van der Waals surface area contributed by atoms with Crippen molar-refractivity contribution in [3.05, 3.63) is 52.6 Å². The number of anilines is 2. The molecule has 3 atom stereocenters. The molecule has 1 aliphatic rings. The highest BCUT2D eigenvalue weighted by Crippen LogP contribution is 2.29. The normalized spacial score (nSPS) is 21.7. The molecule has 142 valence electrons. The molecule has 2 heterocycles. The number of para-hydroxylation sites is 1. The van der Waals surface area contributed by atoms with E-state index < -0.39 is 36.0 Å². The minimum absolute atomic E-state index is 0.0143. The van der Waals surface area contributed by atoms with E-state index in [0.29, 0.717) is 11.3 Å². The first kappa shape index (κ1) is 18.5. The van der Waals surface area contributed by atoms with Gasteiger partial charge in [0.15, 0.2) is 6.10 Å². The molecule has 1 saturated heterocycles. The van der Waals surface area contributed by atoms with Gasteiger partial charge in [0, 0.05) is 18.3 Å². The summed E-state index contributed by atoms with van der Waals surface area (Å²) in [7, 11) is 0. The fourth-order valence-corrected chi connectivity index (χ4v) is 2.87. The smallest absolute Gasteiger partial charge is 0.351 e. The third-order valence-electron chi connectivity index (χ3n) is 4.13. The van der Waals surface area contributed by atoms with E-state index in [2.05, 4.69) is 10.3 Å². The number of nitrogens with zero attached hydrogens (tertiary/aromatic N) is 2. The second kappa shape index (κ2) is 7.56. The molecule has 10 heteroatoms. The number of aliphatic hydroxyl groups is 1. The summed E-state index contributed by atoms with van der Waals surface area (Å²) in [6.07, 6.45) is -2.11. The zero-order chi connectivity index (χ0) is 19.6. The summed E-state index contributed by atoms with van der Waals surface area (Å²) in [5.74, 6) is -1.62. The first-order valence-electron chi connectivity index (χ1n) is 8.14. The first-order chi connectivity index (χ1) is 12.8. The largest absolute Gasteiger partial charge is 0.481 e. The van der Waals surface area contributed by atoms with Gasteiger partial charge in [-0.1, -0.05) is 18.2 Å². The molecule has 1 aliphatic heterocycles. The maximum atomic E-state index is 12.5. The zero-order valence-corrected chi connectivity index (χ0v) is 14.1. The Balaban J connectivity index is 1.74. The average Bonchev–Trinajstić information content (AvgIpc) is 2.97. The Bertz CT molecular complexity index is 928. The maximum absolute atomic E-state index is 12.5. The third-order valence-corrected chi connectivity index (χ3v) is 4.13. The molecule has 0 aliphatic carbocycles. The molecule has 0 radical (unpaired) electrons. The number of rotatable bonds is 5. The number of carboxylic acids is 1. The van der Waals surface area contributed by atoms with Gasteiger partial charge in [-0.3, -0.25) is 14.2 Å². The third kappa shape index (κ3) is 4.13. The van der Waals surface area contributed by atoms with Crippen LogP contribution in [0.5, 0.6) is 0 Å². The van der Waals surface area contributed by atoms with Crippen molar-refractivity contribution in [2.45, 2.75) is 31.3 Å². The summed E-state index contributed by atoms with van der Waals surface area (Å²) < 4.78 is 6.68. The van der Waals surface area contributed by atoms with E-state index in [1.165, 1.54) is 12.3 Å². The summed E-state index contributed by atoms with van der Waals surface area (Å²) in [6, 6.07) is 7.86. The number of carboxylic acid groups (broad SMARTS) is 1. The zero-order valence-electron chi connectivity index (χ0n) is 14.1. The van der Waals surface area contributed by atoms with E-state index in [0.717, 1.165) is 4.57 Å². The number of nitrogens with one attached hydrogen (secondary N) is 1. The van der Waals surface area contributed by atoms with Crippen LogP contribution in [-0.4, -0.2) is 43.8 Å². The van der Waals surface area contributed by atoms with Crippen LogP contribution < -0.4 is 16.7 Å². The van der Waals surface area contributed by atoms with E-state index in [4.69, 9.17) is 15.6 Å². The van der Waals surface area contributed by atoms with Crippen LogP contribution >= 0.6 is 0 Å². The molecule has 10 nitrogen and oxygen atoms in total. The molecule has 1 aromatic carbocycles. The fourth-order valence-electron chi connectivity index (χ4n) is 2.87. The van der Waals surface area contributed by atoms with Gasteiger partial charge in [-0.05, 0) is 17.7 Å². The van der Waals surface area contributed by atoms with Crippen LogP contribution in [0.2, 0.25) is 0 Å². The summed E-state index contributed by atoms with van der Waals surface area (Å²) in [4.78, 5) is 38.9. The molecular weight excluding hydrogens is 356 g/mol. The molecule has 3 rings (SSSR count). The predicted molar refractivity (Wildman–Crippen MR) is 93.9 cm³/mol. The van der Waals surface area contributed by atoms with Gasteiger partial charge < -0.3 is 26.0 Å². The van der Waals surface area contributed by atoms with Gasteiger partial charge in [-0.15, -0.1) is 0 Å². The van der Waals surface area contributed by atoms with Crippen molar-refractivity contribution in [3.63, 3.8) is 0 Å². The molecule has 1 amide bonds. The van der Waals surface area contributed by atoms with E-state index in [1.54, 1.807) is 24.3 Å². The van der Waals surface area contributed by atoms with E-state index in [-0.39, 0.29) is 18.7 Å². The summed E-state index contributed by atoms with van der Waals surface area (Å²) in [5.41, 5.74) is 5.52. The number of ether oxygens (including phenoxy) is 1. The first-order valence-corrected chi connectivity index (χ1v) is 8.14. The number of benzene rings is 1. The van der Waals surface area contributed by atoms with Gasteiger partial charge in [0.1, 0.15) is 12.0 Å². The van der Waals surface area contributed by atoms with Gasteiger partial charge in [0.25, 0.3) is 5.91 Å². The topological polar surface area (TPSA) is 157 Å². The Morgan fingerprint density at radius 2 is 2.07 bits per heavy atom. The van der Waals surface area contributed by atoms with E-state index >= 15 is 0 Å². The van der Waals surface area contributed by atoms with Gasteiger partial charge in [-0.25, -0.2) is 4.79 Å². The molecular formula is C17H18N4O6. The number of nitrogens with two attached hydrogens (primary N) is 1. The average molecular weight is 374 g/mol. The minimum Gasteiger partial charge on any atom is -0.481 e. The Kier molecular flexibility index (Phi) is 5.19. The van der Waals surface area contributed by atoms with Gasteiger partial charge in [0.2, 0.25) is 0 Å². The number of carbonyl (C=O) groups is 2. The van der Waals surface area contributed by atoms with Gasteiger partial charge in [-0.2, -0.15) is 4.98 Å². The van der Waals surface area contributed by atoms with Crippen LogP contribution in [0.3, 0.4) is 0 Å². The SMILES string of the molecule is Nc1ccn(C2CC(O)C(C(=O)Nc3ccccc3CC(=O)O)O2)c(=O)n1. The Hall–Kier alpha value is -3.24. The van der Waals surface area contributed by atoms with Crippen LogP contribution in [-0.2, 0) is 20.7 Å². The Morgan fingerprint density at radius 3 is 2.78 bits per heavy atom. The lowest BCUT2D eigenvalue weighted by atomic mass is 10.1. The van der Waals surface area contributed by atoms with Crippen LogP contribution in [0.1, 0.15) is 18.2 Å². The molecule has 5 N–H and O–H groups in total. The lowest BCUT2D eigenvalue weighted by molar-refractivity contribution is -0.136. The maximum Gasteiger partial charge on any atom is 0.351 e. The van der Waals surface area contributed by atoms with Crippen LogP contribution in [0, 0.1) is 0 Å². The lowest BCUT2D eigenvalue weighted by Crippen LogP contribution is -2.36. The second-order valence-electron chi connectivity index (χ2n) is 6.07. The van der Waals surface area contributed by atoms with Crippen molar-refractivity contribution in [1.29, 1.82) is 0 Å². The number of carbonyl (C=O) groups excluding carboxylic acids is 1. The highest BCUT2D eigenvalue weighted by atomic mass is 16.5. The van der Waals surface area contributed by atoms with Crippen molar-refractivity contribution in [2.75, 3.05) is 11.1 Å². The summed E-state index contributed by atoms with van der Waals surface area (Å²) in [6.45, 7) is 0. The number of aliphatic hydroxyl groups excluding tert-OH is 1. The number of aromatic nitrogens is 2. The van der Waals surface area contributed by atoms with E-state index in [1.807, 2.05) is 0 Å². The molecule has 3 unspecified atom stereocenters. The van der Waals surface area contributed by atoms with Crippen LogP contribution in [0.15, 0.2) is 41.3 Å². The second-order valence-corrected chi connectivity index (χ2v) is 6.07.